The van der Waals surface area contributed by atoms with Crippen molar-refractivity contribution in [3.8, 4) is 0 Å². The topological polar surface area (TPSA) is 95.6 Å². The van der Waals surface area contributed by atoms with Crippen molar-refractivity contribution in [2.75, 3.05) is 31.1 Å². The molecule has 2 aliphatic heterocycles. The number of hydrogen-bond acceptors (Lipinski definition) is 5. The molecular weight excluding hydrogens is 385 g/mol. The number of hydrogen-bond donors (Lipinski definition) is 2. The van der Waals surface area contributed by atoms with Gasteiger partial charge in [0.05, 0.1) is 23.6 Å². The number of carbonyl (C=O) groups is 2. The number of likely N-dealkylation sites (tertiary alicyclic amines) is 1. The molecular formula is C19H26FN3O4S. The zero-order chi connectivity index (χ0) is 20.4. The van der Waals surface area contributed by atoms with Gasteiger partial charge in [-0.25, -0.2) is 12.8 Å². The standard InChI is InChI=1S/C19H26FN3O4S/c1-19(8-11-28(26,27)13-19)22-17(24)12-23-9-6-16(7-10-23)21-18(25)14-2-4-15(20)5-3-14/h2-5,16H,6-13H2,1H3,(H,21,25)(H,22,24). The van der Waals surface area contributed by atoms with Crippen LogP contribution < -0.4 is 10.6 Å². The number of nitrogens with one attached hydrogen (secondary N) is 2. The fourth-order valence-electron chi connectivity index (χ4n) is 3.79. The molecule has 0 aromatic heterocycles. The third-order valence-electron chi connectivity index (χ3n) is 5.34. The number of nitrogens with zero attached hydrogens (tertiary/aromatic N) is 1. The minimum atomic E-state index is -3.07. The molecule has 9 heteroatoms. The van der Waals surface area contributed by atoms with Gasteiger partial charge in [0, 0.05) is 24.7 Å². The van der Waals surface area contributed by atoms with Crippen molar-refractivity contribution in [2.45, 2.75) is 37.8 Å². The molecule has 28 heavy (non-hydrogen) atoms. The van der Waals surface area contributed by atoms with E-state index >= 15 is 0 Å². The minimum absolute atomic E-state index is 0.00866. The van der Waals surface area contributed by atoms with E-state index in [0.717, 1.165) is 0 Å². The molecule has 2 saturated heterocycles. The van der Waals surface area contributed by atoms with Crippen LogP contribution in [0.5, 0.6) is 0 Å². The summed E-state index contributed by atoms with van der Waals surface area (Å²) in [6.45, 7) is 3.31. The number of carbonyl (C=O) groups excluding carboxylic acids is 2. The normalized spacial score (nSPS) is 25.4. The van der Waals surface area contributed by atoms with E-state index in [1.165, 1.54) is 24.3 Å². The number of benzene rings is 1. The zero-order valence-corrected chi connectivity index (χ0v) is 16.7. The molecule has 2 amide bonds. The van der Waals surface area contributed by atoms with Crippen LogP contribution in [0.3, 0.4) is 0 Å². The van der Waals surface area contributed by atoms with Crippen molar-refractivity contribution in [1.82, 2.24) is 15.5 Å². The molecule has 1 aromatic rings. The van der Waals surface area contributed by atoms with Gasteiger partial charge in [0.15, 0.2) is 9.84 Å². The lowest BCUT2D eigenvalue weighted by Gasteiger charge is -2.33. The summed E-state index contributed by atoms with van der Waals surface area (Å²) in [6, 6.07) is 5.43. The van der Waals surface area contributed by atoms with Crippen LogP contribution in [0.4, 0.5) is 4.39 Å². The molecule has 3 rings (SSSR count). The van der Waals surface area contributed by atoms with E-state index in [4.69, 9.17) is 0 Å². The predicted molar refractivity (Wildman–Crippen MR) is 103 cm³/mol. The molecule has 0 bridgehead atoms. The van der Waals surface area contributed by atoms with Crippen LogP contribution in [-0.2, 0) is 14.6 Å². The second-order valence-electron chi connectivity index (χ2n) is 7.98. The van der Waals surface area contributed by atoms with Gasteiger partial charge in [0.25, 0.3) is 5.91 Å². The van der Waals surface area contributed by atoms with Crippen LogP contribution in [0.2, 0.25) is 0 Å². The number of amides is 2. The summed E-state index contributed by atoms with van der Waals surface area (Å²) < 4.78 is 36.2. The quantitative estimate of drug-likeness (QED) is 0.744. The lowest BCUT2D eigenvalue weighted by molar-refractivity contribution is -0.124. The molecule has 2 N–H and O–H groups in total. The Bertz CT molecular complexity index is 835. The van der Waals surface area contributed by atoms with Gasteiger partial charge in [0.1, 0.15) is 5.82 Å². The van der Waals surface area contributed by atoms with Gasteiger partial charge < -0.3 is 10.6 Å². The van der Waals surface area contributed by atoms with Gasteiger partial charge in [-0.3, -0.25) is 14.5 Å². The Morgan fingerprint density at radius 1 is 1.21 bits per heavy atom. The lowest BCUT2D eigenvalue weighted by atomic mass is 10.0. The number of halogens is 1. The molecule has 1 atom stereocenters. The summed E-state index contributed by atoms with van der Waals surface area (Å²) >= 11 is 0. The van der Waals surface area contributed by atoms with E-state index in [9.17, 15) is 22.4 Å². The van der Waals surface area contributed by atoms with Crippen LogP contribution >= 0.6 is 0 Å². The molecule has 7 nitrogen and oxygen atoms in total. The molecule has 0 aliphatic carbocycles. The molecule has 2 heterocycles. The maximum atomic E-state index is 12.9. The van der Waals surface area contributed by atoms with E-state index in [1.54, 1.807) is 6.92 Å². The minimum Gasteiger partial charge on any atom is -0.349 e. The number of rotatable bonds is 5. The van der Waals surface area contributed by atoms with Crippen LogP contribution in [0.1, 0.15) is 36.5 Å². The predicted octanol–water partition coefficient (Wildman–Crippen LogP) is 0.713. The van der Waals surface area contributed by atoms with Gasteiger partial charge in [-0.15, -0.1) is 0 Å². The molecule has 1 unspecified atom stereocenters. The van der Waals surface area contributed by atoms with Gasteiger partial charge in [0.2, 0.25) is 5.91 Å². The SMILES string of the molecule is CC1(NC(=O)CN2CCC(NC(=O)c3ccc(F)cc3)CC2)CCS(=O)(=O)C1. The maximum Gasteiger partial charge on any atom is 0.251 e. The Balaban J connectivity index is 1.42. The van der Waals surface area contributed by atoms with E-state index in [2.05, 4.69) is 10.6 Å². The van der Waals surface area contributed by atoms with E-state index in [-0.39, 0.29) is 41.7 Å². The van der Waals surface area contributed by atoms with Crippen molar-refractivity contribution >= 4 is 21.7 Å². The largest absolute Gasteiger partial charge is 0.349 e. The smallest absolute Gasteiger partial charge is 0.251 e. The van der Waals surface area contributed by atoms with Crippen molar-refractivity contribution < 1.29 is 22.4 Å². The molecule has 0 spiro atoms. The van der Waals surface area contributed by atoms with Crippen LogP contribution in [-0.4, -0.2) is 67.9 Å². The van der Waals surface area contributed by atoms with E-state index in [1.807, 2.05) is 4.90 Å². The highest BCUT2D eigenvalue weighted by atomic mass is 32.2. The molecule has 1 aromatic carbocycles. The lowest BCUT2D eigenvalue weighted by Crippen LogP contribution is -2.52. The number of piperidine rings is 1. The Morgan fingerprint density at radius 2 is 1.86 bits per heavy atom. The second-order valence-corrected chi connectivity index (χ2v) is 10.2. The van der Waals surface area contributed by atoms with Crippen LogP contribution in [0, 0.1) is 5.82 Å². The molecule has 2 fully saturated rings. The fourth-order valence-corrected chi connectivity index (χ4v) is 5.89. The Labute approximate surface area is 164 Å². The van der Waals surface area contributed by atoms with Crippen molar-refractivity contribution in [3.63, 3.8) is 0 Å². The van der Waals surface area contributed by atoms with E-state index in [0.29, 0.717) is 37.9 Å². The fraction of sp³-hybridized carbons (Fsp3) is 0.579. The monoisotopic (exact) mass is 411 g/mol. The average Bonchev–Trinajstić information content (AvgIpc) is 2.89. The van der Waals surface area contributed by atoms with Gasteiger partial charge in [-0.2, -0.15) is 0 Å². The third kappa shape index (κ3) is 5.51. The molecule has 154 valence electrons. The Kier molecular flexibility index (Phi) is 6.04. The van der Waals surface area contributed by atoms with Crippen molar-refractivity contribution in [1.29, 1.82) is 0 Å². The number of sulfone groups is 1. The van der Waals surface area contributed by atoms with Crippen molar-refractivity contribution in [2.24, 2.45) is 0 Å². The van der Waals surface area contributed by atoms with Crippen molar-refractivity contribution in [3.05, 3.63) is 35.6 Å². The van der Waals surface area contributed by atoms with Gasteiger partial charge in [-0.05, 0) is 50.5 Å². The molecule has 0 saturated carbocycles. The highest BCUT2D eigenvalue weighted by Gasteiger charge is 2.39. The highest BCUT2D eigenvalue weighted by Crippen LogP contribution is 2.22. The summed E-state index contributed by atoms with van der Waals surface area (Å²) in [7, 11) is -3.07. The van der Waals surface area contributed by atoms with Gasteiger partial charge in [-0.1, -0.05) is 0 Å². The summed E-state index contributed by atoms with van der Waals surface area (Å²) in [6.07, 6.45) is 1.87. The summed E-state index contributed by atoms with van der Waals surface area (Å²) in [4.78, 5) is 26.5. The molecule has 2 aliphatic rings. The second kappa shape index (κ2) is 8.16. The van der Waals surface area contributed by atoms with Gasteiger partial charge >= 0.3 is 0 Å². The van der Waals surface area contributed by atoms with Crippen LogP contribution in [0.15, 0.2) is 24.3 Å². The third-order valence-corrected chi connectivity index (χ3v) is 7.24. The average molecular weight is 411 g/mol. The highest BCUT2D eigenvalue weighted by molar-refractivity contribution is 7.91. The zero-order valence-electron chi connectivity index (χ0n) is 15.9. The van der Waals surface area contributed by atoms with Crippen LogP contribution in [0.25, 0.3) is 0 Å². The molecule has 0 radical (unpaired) electrons. The maximum absolute atomic E-state index is 12.9. The first kappa shape index (κ1) is 20.7. The van der Waals surface area contributed by atoms with E-state index < -0.39 is 15.4 Å². The summed E-state index contributed by atoms with van der Waals surface area (Å²) in [5, 5.41) is 5.81. The first-order valence-corrected chi connectivity index (χ1v) is 11.3. The summed E-state index contributed by atoms with van der Waals surface area (Å²) in [5.74, 6) is -0.682. The summed E-state index contributed by atoms with van der Waals surface area (Å²) in [5.41, 5.74) is -0.264. The first-order chi connectivity index (χ1) is 13.1. The Morgan fingerprint density at radius 3 is 2.43 bits per heavy atom. The first-order valence-electron chi connectivity index (χ1n) is 9.44. The Hall–Kier alpha value is -2.00.